The second-order valence-electron chi connectivity index (χ2n) is 4.22. The fraction of sp³-hybridized carbons (Fsp3) is 0.917. The highest BCUT2D eigenvalue weighted by molar-refractivity contribution is 5.77. The van der Waals surface area contributed by atoms with Crippen molar-refractivity contribution in [2.24, 2.45) is 5.92 Å². The van der Waals surface area contributed by atoms with Crippen LogP contribution in [-0.4, -0.2) is 45.0 Å². The van der Waals surface area contributed by atoms with Crippen molar-refractivity contribution in [2.75, 3.05) is 32.8 Å². The molecule has 1 aliphatic carbocycles. The van der Waals surface area contributed by atoms with Crippen LogP contribution >= 0.6 is 0 Å². The average molecular weight is 244 g/mol. The molecule has 0 bridgehead atoms. The van der Waals surface area contributed by atoms with Crippen LogP contribution in [0.5, 0.6) is 0 Å². The van der Waals surface area contributed by atoms with Crippen LogP contribution in [0.2, 0.25) is 0 Å². The minimum Gasteiger partial charge on any atom is -0.351 e. The molecule has 0 radical (unpaired) electrons. The van der Waals surface area contributed by atoms with Gasteiger partial charge in [0.1, 0.15) is 0 Å². The van der Waals surface area contributed by atoms with Crippen LogP contribution in [0.3, 0.4) is 0 Å². The van der Waals surface area contributed by atoms with E-state index < -0.39 is 0 Å². The van der Waals surface area contributed by atoms with Gasteiger partial charge in [-0.05, 0) is 39.2 Å². The first-order valence-corrected chi connectivity index (χ1v) is 6.46. The normalized spacial score (nSPS) is 15.2. The van der Waals surface area contributed by atoms with E-state index in [1.807, 2.05) is 13.8 Å². The Morgan fingerprint density at radius 2 is 1.94 bits per heavy atom. The molecule has 5 heteroatoms. The summed E-state index contributed by atoms with van der Waals surface area (Å²) in [7, 11) is 0. The van der Waals surface area contributed by atoms with Crippen molar-refractivity contribution < 1.29 is 14.3 Å². The molecule has 0 heterocycles. The Hall–Kier alpha value is -0.650. The van der Waals surface area contributed by atoms with Crippen molar-refractivity contribution >= 4 is 5.91 Å². The highest BCUT2D eigenvalue weighted by Crippen LogP contribution is 2.27. The molecular formula is C12H24N2O3. The molecule has 1 rings (SSSR count). The fourth-order valence-electron chi connectivity index (χ4n) is 1.51. The van der Waals surface area contributed by atoms with Crippen LogP contribution in [0.4, 0.5) is 0 Å². The third-order valence-electron chi connectivity index (χ3n) is 2.59. The molecule has 0 unspecified atom stereocenters. The van der Waals surface area contributed by atoms with Gasteiger partial charge in [0.15, 0.2) is 6.29 Å². The summed E-state index contributed by atoms with van der Waals surface area (Å²) in [5, 5.41) is 5.94. The zero-order valence-corrected chi connectivity index (χ0v) is 10.8. The van der Waals surface area contributed by atoms with Gasteiger partial charge in [-0.25, -0.2) is 0 Å². The quantitative estimate of drug-likeness (QED) is 0.549. The minimum atomic E-state index is -0.336. The average Bonchev–Trinajstić information content (AvgIpc) is 3.10. The molecule has 0 aromatic rings. The van der Waals surface area contributed by atoms with E-state index >= 15 is 0 Å². The Balaban J connectivity index is 2.02. The monoisotopic (exact) mass is 244 g/mol. The van der Waals surface area contributed by atoms with Gasteiger partial charge < -0.3 is 20.1 Å². The summed E-state index contributed by atoms with van der Waals surface area (Å²) >= 11 is 0. The van der Waals surface area contributed by atoms with Crippen LogP contribution in [0.25, 0.3) is 0 Å². The molecule has 2 N–H and O–H groups in total. The standard InChI is InChI=1S/C12H24N2O3/c1-3-16-12(17-4-2)9-14-11(15)8-13-7-10-5-6-10/h10,12-13H,3-9H2,1-2H3,(H,14,15). The molecule has 0 aromatic carbocycles. The molecule has 17 heavy (non-hydrogen) atoms. The number of carbonyl (C=O) groups is 1. The maximum absolute atomic E-state index is 11.5. The summed E-state index contributed by atoms with van der Waals surface area (Å²) in [6.45, 7) is 6.72. The SMILES string of the molecule is CCOC(CNC(=O)CNCC1CC1)OCC. The number of hydrogen-bond acceptors (Lipinski definition) is 4. The van der Waals surface area contributed by atoms with Gasteiger partial charge in [-0.1, -0.05) is 0 Å². The molecule has 0 atom stereocenters. The Kier molecular flexibility index (Phi) is 7.16. The van der Waals surface area contributed by atoms with Gasteiger partial charge in [-0.3, -0.25) is 4.79 Å². The smallest absolute Gasteiger partial charge is 0.234 e. The van der Waals surface area contributed by atoms with Crippen molar-refractivity contribution in [2.45, 2.75) is 33.0 Å². The molecule has 0 aromatic heterocycles. The van der Waals surface area contributed by atoms with Gasteiger partial charge in [0.05, 0.1) is 13.1 Å². The Labute approximate surface area is 103 Å². The molecule has 100 valence electrons. The summed E-state index contributed by atoms with van der Waals surface area (Å²) in [6.07, 6.45) is 2.26. The maximum Gasteiger partial charge on any atom is 0.234 e. The van der Waals surface area contributed by atoms with Crippen molar-refractivity contribution in [3.63, 3.8) is 0 Å². The summed E-state index contributed by atoms with van der Waals surface area (Å²) < 4.78 is 10.7. The second kappa shape index (κ2) is 8.44. The molecule has 1 fully saturated rings. The lowest BCUT2D eigenvalue weighted by molar-refractivity contribution is -0.140. The highest BCUT2D eigenvalue weighted by atomic mass is 16.7. The number of amides is 1. The predicted octanol–water partition coefficient (Wildman–Crippen LogP) is 0.501. The third kappa shape index (κ3) is 7.31. The lowest BCUT2D eigenvalue weighted by Gasteiger charge is -2.17. The Morgan fingerprint density at radius 3 is 2.47 bits per heavy atom. The number of rotatable bonds is 10. The number of hydrogen-bond donors (Lipinski definition) is 2. The van der Waals surface area contributed by atoms with E-state index in [9.17, 15) is 4.79 Å². The number of ether oxygens (including phenoxy) is 2. The Bertz CT molecular complexity index is 214. The van der Waals surface area contributed by atoms with Crippen molar-refractivity contribution in [1.82, 2.24) is 10.6 Å². The largest absolute Gasteiger partial charge is 0.351 e. The fourth-order valence-corrected chi connectivity index (χ4v) is 1.51. The summed E-state index contributed by atoms with van der Waals surface area (Å²) in [4.78, 5) is 11.5. The van der Waals surface area contributed by atoms with Gasteiger partial charge in [0.25, 0.3) is 0 Å². The van der Waals surface area contributed by atoms with E-state index in [0.717, 1.165) is 12.5 Å². The summed E-state index contributed by atoms with van der Waals surface area (Å²) in [6, 6.07) is 0. The first kappa shape index (κ1) is 14.4. The van der Waals surface area contributed by atoms with E-state index in [1.165, 1.54) is 12.8 Å². The third-order valence-corrected chi connectivity index (χ3v) is 2.59. The van der Waals surface area contributed by atoms with Crippen LogP contribution in [0, 0.1) is 5.92 Å². The molecule has 0 aliphatic heterocycles. The number of nitrogens with one attached hydrogen (secondary N) is 2. The van der Waals surface area contributed by atoms with Crippen molar-refractivity contribution in [1.29, 1.82) is 0 Å². The van der Waals surface area contributed by atoms with Crippen LogP contribution in [0.15, 0.2) is 0 Å². The van der Waals surface area contributed by atoms with Gasteiger partial charge in [0.2, 0.25) is 5.91 Å². The first-order valence-electron chi connectivity index (χ1n) is 6.46. The first-order chi connectivity index (χ1) is 8.26. The predicted molar refractivity (Wildman–Crippen MR) is 65.6 cm³/mol. The molecular weight excluding hydrogens is 220 g/mol. The summed E-state index contributed by atoms with van der Waals surface area (Å²) in [5.41, 5.74) is 0. The van der Waals surface area contributed by atoms with Crippen molar-refractivity contribution in [3.8, 4) is 0 Å². The van der Waals surface area contributed by atoms with E-state index in [4.69, 9.17) is 9.47 Å². The van der Waals surface area contributed by atoms with Crippen LogP contribution in [0.1, 0.15) is 26.7 Å². The topological polar surface area (TPSA) is 59.6 Å². The van der Waals surface area contributed by atoms with E-state index in [0.29, 0.717) is 26.3 Å². The van der Waals surface area contributed by atoms with Crippen LogP contribution < -0.4 is 10.6 Å². The Morgan fingerprint density at radius 1 is 1.29 bits per heavy atom. The molecule has 1 saturated carbocycles. The van der Waals surface area contributed by atoms with E-state index in [2.05, 4.69) is 10.6 Å². The molecule has 1 amide bonds. The van der Waals surface area contributed by atoms with E-state index in [1.54, 1.807) is 0 Å². The van der Waals surface area contributed by atoms with Gasteiger partial charge in [-0.15, -0.1) is 0 Å². The minimum absolute atomic E-state index is 0.00458. The molecule has 1 aliphatic rings. The maximum atomic E-state index is 11.5. The van der Waals surface area contributed by atoms with E-state index in [-0.39, 0.29) is 12.2 Å². The second-order valence-corrected chi connectivity index (χ2v) is 4.22. The van der Waals surface area contributed by atoms with Gasteiger partial charge >= 0.3 is 0 Å². The molecule has 0 spiro atoms. The zero-order chi connectivity index (χ0) is 12.5. The van der Waals surface area contributed by atoms with Gasteiger partial charge in [0, 0.05) is 13.2 Å². The number of carbonyl (C=O) groups excluding carboxylic acids is 1. The lowest BCUT2D eigenvalue weighted by Crippen LogP contribution is -2.40. The van der Waals surface area contributed by atoms with Crippen LogP contribution in [-0.2, 0) is 14.3 Å². The van der Waals surface area contributed by atoms with Crippen molar-refractivity contribution in [3.05, 3.63) is 0 Å². The van der Waals surface area contributed by atoms with Gasteiger partial charge in [-0.2, -0.15) is 0 Å². The lowest BCUT2D eigenvalue weighted by atomic mass is 10.4. The molecule has 5 nitrogen and oxygen atoms in total. The highest BCUT2D eigenvalue weighted by Gasteiger charge is 2.20. The molecule has 0 saturated heterocycles. The summed E-state index contributed by atoms with van der Waals surface area (Å²) in [5.74, 6) is 0.789. The zero-order valence-electron chi connectivity index (χ0n) is 10.8.